The van der Waals surface area contributed by atoms with E-state index in [1.807, 2.05) is 5.32 Å². The van der Waals surface area contributed by atoms with Gasteiger partial charge in [-0.3, -0.25) is 4.79 Å². The monoisotopic (exact) mass is 263 g/mol. The second-order valence-corrected chi connectivity index (χ2v) is 3.98. The van der Waals surface area contributed by atoms with Gasteiger partial charge in [-0.05, 0) is 25.0 Å². The van der Waals surface area contributed by atoms with E-state index in [0.29, 0.717) is 5.56 Å². The summed E-state index contributed by atoms with van der Waals surface area (Å²) in [6.07, 6.45) is -4.01. The Hall–Kier alpha value is -1.59. The van der Waals surface area contributed by atoms with E-state index in [4.69, 9.17) is 0 Å². The summed E-state index contributed by atoms with van der Waals surface area (Å²) in [4.78, 5) is 11.1. The molecule has 0 saturated heterocycles. The molecule has 18 heavy (non-hydrogen) atoms. The van der Waals surface area contributed by atoms with Crippen molar-refractivity contribution in [3.63, 3.8) is 0 Å². The molecule has 1 rings (SSSR count). The van der Waals surface area contributed by atoms with Crippen molar-refractivity contribution in [2.45, 2.75) is 32.2 Å². The lowest BCUT2D eigenvalue weighted by atomic mass is 10.0. The Bertz CT molecular complexity index is 434. The lowest BCUT2D eigenvalue weighted by Crippen LogP contribution is -2.46. The number of aryl methyl sites for hydroxylation is 1. The number of hydrogen-bond donors (Lipinski definition) is 1. The molecule has 6 heteroatoms. The summed E-state index contributed by atoms with van der Waals surface area (Å²) in [6.45, 7) is 3.20. The number of alkyl halides is 4. The lowest BCUT2D eigenvalue weighted by molar-refractivity contribution is -0.170. The Kier molecular flexibility index (Phi) is 4.32. The molecule has 1 amide bonds. The van der Waals surface area contributed by atoms with Crippen molar-refractivity contribution in [1.29, 1.82) is 0 Å². The molecular formula is C12H13F4NO. The molecule has 1 atom stereocenters. The summed E-state index contributed by atoms with van der Waals surface area (Å²) < 4.78 is 49.5. The maximum absolute atomic E-state index is 12.8. The minimum atomic E-state index is -4.67. The van der Waals surface area contributed by atoms with Gasteiger partial charge in [-0.15, -0.1) is 0 Å². The molecule has 0 radical (unpaired) electrons. The van der Waals surface area contributed by atoms with Crippen LogP contribution in [-0.2, 0) is 4.79 Å². The van der Waals surface area contributed by atoms with Gasteiger partial charge in [0.1, 0.15) is 0 Å². The Morgan fingerprint density at radius 3 is 2.33 bits per heavy atom. The molecule has 1 N–H and O–H groups in total. The molecule has 1 aromatic rings. The predicted molar refractivity (Wildman–Crippen MR) is 58.7 cm³/mol. The van der Waals surface area contributed by atoms with Gasteiger partial charge in [-0.25, -0.2) is 8.78 Å². The van der Waals surface area contributed by atoms with Crippen molar-refractivity contribution in [2.75, 3.05) is 0 Å². The maximum atomic E-state index is 12.8. The molecule has 0 aliphatic heterocycles. The van der Waals surface area contributed by atoms with Crippen molar-refractivity contribution in [2.24, 2.45) is 0 Å². The van der Waals surface area contributed by atoms with Gasteiger partial charge in [-0.2, -0.15) is 8.78 Å². The van der Waals surface area contributed by atoms with Gasteiger partial charge in [0.05, 0.1) is 6.04 Å². The fourth-order valence-electron chi connectivity index (χ4n) is 1.54. The average Bonchev–Trinajstić information content (AvgIpc) is 2.28. The molecule has 0 aromatic heterocycles. The van der Waals surface area contributed by atoms with Gasteiger partial charge in [-0.1, -0.05) is 24.3 Å². The fourth-order valence-corrected chi connectivity index (χ4v) is 1.54. The van der Waals surface area contributed by atoms with Crippen LogP contribution in [0, 0.1) is 6.92 Å². The molecule has 0 saturated carbocycles. The van der Waals surface area contributed by atoms with Crippen LogP contribution < -0.4 is 5.32 Å². The van der Waals surface area contributed by atoms with Crippen LogP contribution in [0.2, 0.25) is 0 Å². The number of rotatable bonds is 4. The number of amides is 1. The first kappa shape index (κ1) is 14.5. The van der Waals surface area contributed by atoms with E-state index < -0.39 is 24.3 Å². The Morgan fingerprint density at radius 2 is 1.83 bits per heavy atom. The van der Waals surface area contributed by atoms with Gasteiger partial charge in [0.15, 0.2) is 0 Å². The largest absolute Gasteiger partial charge is 0.383 e. The lowest BCUT2D eigenvalue weighted by Gasteiger charge is -2.20. The van der Waals surface area contributed by atoms with Crippen molar-refractivity contribution in [3.8, 4) is 0 Å². The zero-order valence-electron chi connectivity index (χ0n) is 9.88. The highest BCUT2D eigenvalue weighted by Gasteiger charge is 2.49. The summed E-state index contributed by atoms with van der Waals surface area (Å²) in [7, 11) is 0. The van der Waals surface area contributed by atoms with Crippen molar-refractivity contribution < 1.29 is 22.4 Å². The first-order chi connectivity index (χ1) is 8.26. The Balaban J connectivity index is 2.81. The number of carbonyl (C=O) groups excluding carboxylic acids is 1. The maximum Gasteiger partial charge on any atom is 0.383 e. The minimum absolute atomic E-state index is 0.607. The molecule has 2 nitrogen and oxygen atoms in total. The Labute approximate surface area is 102 Å². The second-order valence-electron chi connectivity index (χ2n) is 3.98. The molecule has 0 fully saturated rings. The average molecular weight is 263 g/mol. The fraction of sp³-hybridized carbons (Fsp3) is 0.417. The summed E-state index contributed by atoms with van der Waals surface area (Å²) in [6, 6.07) is 6.05. The highest BCUT2D eigenvalue weighted by molar-refractivity contribution is 5.84. The zero-order chi connectivity index (χ0) is 13.9. The number of carbonyl (C=O) groups is 1. The van der Waals surface area contributed by atoms with E-state index in [0.717, 1.165) is 5.56 Å². The van der Waals surface area contributed by atoms with E-state index in [-0.39, 0.29) is 0 Å². The molecule has 1 aromatic carbocycles. The Morgan fingerprint density at radius 1 is 1.28 bits per heavy atom. The highest BCUT2D eigenvalue weighted by atomic mass is 19.3. The molecule has 0 aliphatic carbocycles. The van der Waals surface area contributed by atoms with Gasteiger partial charge < -0.3 is 5.32 Å². The number of halogens is 4. The van der Waals surface area contributed by atoms with Crippen LogP contribution in [-0.4, -0.2) is 18.3 Å². The molecule has 0 unspecified atom stereocenters. The smallest absolute Gasteiger partial charge is 0.344 e. The van der Waals surface area contributed by atoms with Crippen molar-refractivity contribution >= 4 is 5.91 Å². The van der Waals surface area contributed by atoms with E-state index >= 15 is 0 Å². The second kappa shape index (κ2) is 5.37. The number of hydrogen-bond acceptors (Lipinski definition) is 1. The third-order valence-corrected chi connectivity index (χ3v) is 2.58. The van der Waals surface area contributed by atoms with Gasteiger partial charge in [0.25, 0.3) is 5.91 Å². The topological polar surface area (TPSA) is 29.1 Å². The quantitative estimate of drug-likeness (QED) is 0.831. The summed E-state index contributed by atoms with van der Waals surface area (Å²) >= 11 is 0. The molecule has 0 bridgehead atoms. The number of benzene rings is 1. The standard InChI is InChI=1S/C12H13F4NO/c1-7-5-3-4-6-9(7)8(2)17-11(18)12(15,16)10(13)14/h3-6,8,10H,1-2H3,(H,17,18)/t8-/m0/s1. The third-order valence-electron chi connectivity index (χ3n) is 2.58. The molecule has 0 aliphatic rings. The van der Waals surface area contributed by atoms with Crippen LogP contribution in [0.25, 0.3) is 0 Å². The van der Waals surface area contributed by atoms with Crippen LogP contribution >= 0.6 is 0 Å². The van der Waals surface area contributed by atoms with E-state index in [1.165, 1.54) is 6.92 Å². The summed E-state index contributed by atoms with van der Waals surface area (Å²) in [5, 5.41) is 1.89. The molecule has 0 heterocycles. The van der Waals surface area contributed by atoms with Gasteiger partial charge >= 0.3 is 12.3 Å². The first-order valence-electron chi connectivity index (χ1n) is 5.29. The highest BCUT2D eigenvalue weighted by Crippen LogP contribution is 2.25. The van der Waals surface area contributed by atoms with E-state index in [2.05, 4.69) is 0 Å². The minimum Gasteiger partial charge on any atom is -0.344 e. The molecular weight excluding hydrogens is 250 g/mol. The number of nitrogens with one attached hydrogen (secondary N) is 1. The summed E-state index contributed by atoms with van der Waals surface area (Å²) in [5.41, 5.74) is 1.39. The SMILES string of the molecule is Cc1ccccc1[C@H](C)NC(=O)C(F)(F)C(F)F. The van der Waals surface area contributed by atoms with Crippen LogP contribution in [0.5, 0.6) is 0 Å². The van der Waals surface area contributed by atoms with Crippen LogP contribution in [0.4, 0.5) is 17.6 Å². The van der Waals surface area contributed by atoms with E-state index in [9.17, 15) is 22.4 Å². The van der Waals surface area contributed by atoms with Crippen molar-refractivity contribution in [1.82, 2.24) is 5.32 Å². The van der Waals surface area contributed by atoms with Gasteiger partial charge in [0, 0.05) is 0 Å². The van der Waals surface area contributed by atoms with Crippen molar-refractivity contribution in [3.05, 3.63) is 35.4 Å². The van der Waals surface area contributed by atoms with Gasteiger partial charge in [0.2, 0.25) is 0 Å². The predicted octanol–water partition coefficient (Wildman–Crippen LogP) is 3.07. The first-order valence-corrected chi connectivity index (χ1v) is 5.29. The summed E-state index contributed by atoms with van der Waals surface area (Å²) in [5.74, 6) is -6.63. The third kappa shape index (κ3) is 3.00. The molecule has 100 valence electrons. The normalized spacial score (nSPS) is 13.5. The van der Waals surface area contributed by atoms with E-state index in [1.54, 1.807) is 31.2 Å². The zero-order valence-corrected chi connectivity index (χ0v) is 9.88. The molecule has 0 spiro atoms. The van der Waals surface area contributed by atoms with Crippen LogP contribution in [0.1, 0.15) is 24.1 Å². The van der Waals surface area contributed by atoms with Crippen LogP contribution in [0.3, 0.4) is 0 Å². The van der Waals surface area contributed by atoms with Crippen LogP contribution in [0.15, 0.2) is 24.3 Å².